The molecule has 0 aromatic heterocycles. The monoisotopic (exact) mass is 288 g/mol. The third-order valence-corrected chi connectivity index (χ3v) is 3.40. The van der Waals surface area contributed by atoms with E-state index in [0.29, 0.717) is 0 Å². The molecule has 2 rings (SSSR count). The number of rotatable bonds is 4. The van der Waals surface area contributed by atoms with Crippen molar-refractivity contribution >= 4 is 28.9 Å². The van der Waals surface area contributed by atoms with Gasteiger partial charge in [0, 0.05) is 25.5 Å². The average Bonchev–Trinajstić information content (AvgIpc) is 2.47. The van der Waals surface area contributed by atoms with Crippen LogP contribution < -0.4 is 10.2 Å². The summed E-state index contributed by atoms with van der Waals surface area (Å²) in [4.78, 5) is 14.1. The normalized spacial score (nSPS) is 11.8. The molecule has 20 heavy (non-hydrogen) atoms. The van der Waals surface area contributed by atoms with E-state index in [9.17, 15) is 4.79 Å². The molecule has 0 saturated carbocycles. The van der Waals surface area contributed by atoms with E-state index >= 15 is 0 Å². The highest BCUT2D eigenvalue weighted by Gasteiger charge is 2.17. The number of hydrogen-bond acceptors (Lipinski definition) is 2. The standard InChI is InChI=1S/C16H17ClN2O/c1-19(2)14-10-6-9-13(11-14)18-16(20)15(17)12-7-4-3-5-8-12/h3-11,15H,1-2H3,(H,18,20). The maximum Gasteiger partial charge on any atom is 0.246 e. The zero-order valence-corrected chi connectivity index (χ0v) is 12.3. The average molecular weight is 289 g/mol. The van der Waals surface area contributed by atoms with Gasteiger partial charge in [0.15, 0.2) is 0 Å². The minimum Gasteiger partial charge on any atom is -0.378 e. The molecule has 0 bridgehead atoms. The van der Waals surface area contributed by atoms with Crippen molar-refractivity contribution in [3.05, 3.63) is 60.2 Å². The van der Waals surface area contributed by atoms with Crippen molar-refractivity contribution in [3.63, 3.8) is 0 Å². The van der Waals surface area contributed by atoms with Gasteiger partial charge in [0.05, 0.1) is 0 Å². The Morgan fingerprint density at radius 2 is 1.80 bits per heavy atom. The van der Waals surface area contributed by atoms with Gasteiger partial charge >= 0.3 is 0 Å². The summed E-state index contributed by atoms with van der Waals surface area (Å²) in [6.45, 7) is 0. The van der Waals surface area contributed by atoms with E-state index in [0.717, 1.165) is 16.9 Å². The fourth-order valence-electron chi connectivity index (χ4n) is 1.84. The lowest BCUT2D eigenvalue weighted by Crippen LogP contribution is -2.17. The lowest BCUT2D eigenvalue weighted by atomic mass is 10.1. The maximum absolute atomic E-state index is 12.1. The van der Waals surface area contributed by atoms with E-state index < -0.39 is 5.38 Å². The number of carbonyl (C=O) groups is 1. The second kappa shape index (κ2) is 6.44. The number of alkyl halides is 1. The van der Waals surface area contributed by atoms with E-state index in [1.807, 2.05) is 73.6 Å². The summed E-state index contributed by atoms with van der Waals surface area (Å²) in [5.74, 6) is -0.228. The minimum atomic E-state index is -0.695. The SMILES string of the molecule is CN(C)c1cccc(NC(=O)C(Cl)c2ccccc2)c1. The lowest BCUT2D eigenvalue weighted by Gasteiger charge is -2.15. The van der Waals surface area contributed by atoms with E-state index in [1.165, 1.54) is 0 Å². The first-order valence-corrected chi connectivity index (χ1v) is 6.79. The minimum absolute atomic E-state index is 0.228. The molecular weight excluding hydrogens is 272 g/mol. The highest BCUT2D eigenvalue weighted by molar-refractivity contribution is 6.32. The molecule has 0 aliphatic heterocycles. The number of nitrogens with zero attached hydrogens (tertiary/aromatic N) is 1. The van der Waals surface area contributed by atoms with Crippen LogP contribution in [0.25, 0.3) is 0 Å². The van der Waals surface area contributed by atoms with Crippen molar-refractivity contribution in [2.75, 3.05) is 24.3 Å². The first-order valence-electron chi connectivity index (χ1n) is 6.35. The molecule has 2 aromatic rings. The molecule has 4 heteroatoms. The summed E-state index contributed by atoms with van der Waals surface area (Å²) >= 11 is 6.19. The third kappa shape index (κ3) is 3.52. The van der Waals surface area contributed by atoms with Gasteiger partial charge in [-0.15, -0.1) is 11.6 Å². The zero-order valence-electron chi connectivity index (χ0n) is 11.5. The van der Waals surface area contributed by atoms with Gasteiger partial charge in [0.1, 0.15) is 5.38 Å². The summed E-state index contributed by atoms with van der Waals surface area (Å²) in [5, 5.41) is 2.14. The van der Waals surface area contributed by atoms with Gasteiger partial charge < -0.3 is 10.2 Å². The second-order valence-electron chi connectivity index (χ2n) is 4.71. The van der Waals surface area contributed by atoms with Crippen LogP contribution in [-0.2, 0) is 4.79 Å². The number of benzene rings is 2. The maximum atomic E-state index is 12.1. The summed E-state index contributed by atoms with van der Waals surface area (Å²) in [5.41, 5.74) is 2.55. The Morgan fingerprint density at radius 1 is 1.10 bits per heavy atom. The Hall–Kier alpha value is -2.00. The topological polar surface area (TPSA) is 32.3 Å². The Labute approximate surface area is 124 Å². The number of anilines is 2. The zero-order chi connectivity index (χ0) is 14.5. The molecular formula is C16H17ClN2O. The molecule has 1 unspecified atom stereocenters. The lowest BCUT2D eigenvalue weighted by molar-refractivity contribution is -0.116. The summed E-state index contributed by atoms with van der Waals surface area (Å²) in [6.07, 6.45) is 0. The van der Waals surface area contributed by atoms with Gasteiger partial charge in [0.2, 0.25) is 5.91 Å². The molecule has 0 aliphatic carbocycles. The van der Waals surface area contributed by atoms with Crippen molar-refractivity contribution in [1.29, 1.82) is 0 Å². The largest absolute Gasteiger partial charge is 0.378 e. The quantitative estimate of drug-likeness (QED) is 0.871. The number of amides is 1. The molecule has 1 amide bonds. The highest BCUT2D eigenvalue weighted by Crippen LogP contribution is 2.23. The van der Waals surface area contributed by atoms with Gasteiger partial charge in [-0.2, -0.15) is 0 Å². The molecule has 1 atom stereocenters. The molecule has 1 N–H and O–H groups in total. The molecule has 0 heterocycles. The van der Waals surface area contributed by atoms with Gasteiger partial charge in [0.25, 0.3) is 0 Å². The van der Waals surface area contributed by atoms with E-state index in [4.69, 9.17) is 11.6 Å². The first kappa shape index (κ1) is 14.4. The van der Waals surface area contributed by atoms with Crippen LogP contribution in [0.15, 0.2) is 54.6 Å². The van der Waals surface area contributed by atoms with Crippen molar-refractivity contribution in [1.82, 2.24) is 0 Å². The van der Waals surface area contributed by atoms with Crippen molar-refractivity contribution < 1.29 is 4.79 Å². The van der Waals surface area contributed by atoms with Crippen LogP contribution in [0.3, 0.4) is 0 Å². The van der Waals surface area contributed by atoms with Crippen LogP contribution in [0.5, 0.6) is 0 Å². The molecule has 0 spiro atoms. The third-order valence-electron chi connectivity index (χ3n) is 2.95. The van der Waals surface area contributed by atoms with Crippen LogP contribution in [0.4, 0.5) is 11.4 Å². The van der Waals surface area contributed by atoms with Gasteiger partial charge in [-0.1, -0.05) is 36.4 Å². The van der Waals surface area contributed by atoms with E-state index in [1.54, 1.807) is 0 Å². The Bertz CT molecular complexity index is 584. The summed E-state index contributed by atoms with van der Waals surface area (Å²) < 4.78 is 0. The fraction of sp³-hybridized carbons (Fsp3) is 0.188. The van der Waals surface area contributed by atoms with Gasteiger partial charge in [-0.3, -0.25) is 4.79 Å². The predicted molar refractivity (Wildman–Crippen MR) is 84.4 cm³/mol. The predicted octanol–water partition coefficient (Wildman–Crippen LogP) is 3.67. The van der Waals surface area contributed by atoms with Crippen LogP contribution in [0.2, 0.25) is 0 Å². The summed E-state index contributed by atoms with van der Waals surface area (Å²) in [7, 11) is 3.91. The van der Waals surface area contributed by atoms with E-state index in [-0.39, 0.29) is 5.91 Å². The summed E-state index contributed by atoms with van der Waals surface area (Å²) in [6, 6.07) is 16.9. The molecule has 104 valence electrons. The van der Waals surface area contributed by atoms with Crippen molar-refractivity contribution in [3.8, 4) is 0 Å². The second-order valence-corrected chi connectivity index (χ2v) is 5.14. The Balaban J connectivity index is 2.10. The Morgan fingerprint density at radius 3 is 2.45 bits per heavy atom. The van der Waals surface area contributed by atoms with Gasteiger partial charge in [-0.05, 0) is 23.8 Å². The van der Waals surface area contributed by atoms with Crippen LogP contribution in [-0.4, -0.2) is 20.0 Å². The fourth-order valence-corrected chi connectivity index (χ4v) is 2.04. The van der Waals surface area contributed by atoms with Crippen LogP contribution in [0.1, 0.15) is 10.9 Å². The highest BCUT2D eigenvalue weighted by atomic mass is 35.5. The van der Waals surface area contributed by atoms with E-state index in [2.05, 4.69) is 5.32 Å². The molecule has 0 aliphatic rings. The molecule has 0 fully saturated rings. The first-order chi connectivity index (χ1) is 9.58. The Kier molecular flexibility index (Phi) is 4.64. The molecule has 3 nitrogen and oxygen atoms in total. The number of halogens is 1. The number of carbonyl (C=O) groups excluding carboxylic acids is 1. The molecule has 0 radical (unpaired) electrons. The molecule has 0 saturated heterocycles. The smallest absolute Gasteiger partial charge is 0.246 e. The van der Waals surface area contributed by atoms with Crippen LogP contribution in [0, 0.1) is 0 Å². The van der Waals surface area contributed by atoms with Crippen molar-refractivity contribution in [2.45, 2.75) is 5.38 Å². The van der Waals surface area contributed by atoms with Crippen molar-refractivity contribution in [2.24, 2.45) is 0 Å². The number of nitrogens with one attached hydrogen (secondary N) is 1. The molecule has 2 aromatic carbocycles. The van der Waals surface area contributed by atoms with Gasteiger partial charge in [-0.25, -0.2) is 0 Å². The number of hydrogen-bond donors (Lipinski definition) is 1. The van der Waals surface area contributed by atoms with Crippen LogP contribution >= 0.6 is 11.6 Å².